The van der Waals surface area contributed by atoms with Gasteiger partial charge in [0.2, 0.25) is 5.91 Å². The van der Waals surface area contributed by atoms with Crippen molar-refractivity contribution in [3.05, 3.63) is 48.3 Å². The number of halogens is 2. The van der Waals surface area contributed by atoms with Gasteiger partial charge in [-0.25, -0.2) is 8.78 Å². The third-order valence-electron chi connectivity index (χ3n) is 3.89. The van der Waals surface area contributed by atoms with Gasteiger partial charge in [0.15, 0.2) is 28.7 Å². The van der Waals surface area contributed by atoms with Crippen molar-refractivity contribution in [1.29, 1.82) is 0 Å². The summed E-state index contributed by atoms with van der Waals surface area (Å²) < 4.78 is 34.2. The number of rotatable bonds is 9. The van der Waals surface area contributed by atoms with Crippen LogP contribution in [0, 0.1) is 11.6 Å². The Hall–Kier alpha value is -2.42. The fraction of sp³-hybridized carbons (Fsp3) is 0.389. The smallest absolute Gasteiger partial charge is 0.230 e. The second kappa shape index (κ2) is 8.51. The predicted octanol–water partition coefficient (Wildman–Crippen LogP) is 3.25. The number of ether oxygens (including phenoxy) is 1. The minimum atomic E-state index is -0.789. The zero-order valence-electron chi connectivity index (χ0n) is 14.8. The minimum absolute atomic E-state index is 0.0464. The number of aromatic nitrogens is 3. The van der Waals surface area contributed by atoms with Gasteiger partial charge < -0.3 is 10.1 Å². The summed E-state index contributed by atoms with van der Waals surface area (Å²) in [5.41, 5.74) is 0. The predicted molar refractivity (Wildman–Crippen MR) is 97.5 cm³/mol. The molecule has 27 heavy (non-hydrogen) atoms. The van der Waals surface area contributed by atoms with E-state index in [1.165, 1.54) is 17.8 Å². The summed E-state index contributed by atoms with van der Waals surface area (Å²) in [5, 5.41) is 11.7. The van der Waals surface area contributed by atoms with Crippen LogP contribution in [0.1, 0.15) is 31.7 Å². The van der Waals surface area contributed by atoms with Gasteiger partial charge in [-0.05, 0) is 31.9 Å². The highest BCUT2D eigenvalue weighted by atomic mass is 32.2. The van der Waals surface area contributed by atoms with Gasteiger partial charge in [-0.15, -0.1) is 16.8 Å². The van der Waals surface area contributed by atoms with Gasteiger partial charge in [0, 0.05) is 18.7 Å². The van der Waals surface area contributed by atoms with Crippen LogP contribution in [0.5, 0.6) is 5.75 Å². The third-order valence-corrected chi connectivity index (χ3v) is 4.86. The Kier molecular flexibility index (Phi) is 6.10. The van der Waals surface area contributed by atoms with Crippen LogP contribution in [-0.2, 0) is 11.3 Å². The first-order valence-corrected chi connectivity index (χ1v) is 9.54. The van der Waals surface area contributed by atoms with Crippen LogP contribution >= 0.6 is 11.8 Å². The molecule has 0 saturated heterocycles. The molecule has 1 saturated carbocycles. The first-order chi connectivity index (χ1) is 13.0. The third kappa shape index (κ3) is 5.06. The number of allylic oxidation sites excluding steroid dienone is 1. The number of benzene rings is 1. The molecular weight excluding hydrogens is 374 g/mol. The van der Waals surface area contributed by atoms with Gasteiger partial charge >= 0.3 is 0 Å². The summed E-state index contributed by atoms with van der Waals surface area (Å²) in [6, 6.07) is 3.42. The van der Waals surface area contributed by atoms with Gasteiger partial charge in [-0.1, -0.05) is 17.8 Å². The van der Waals surface area contributed by atoms with Gasteiger partial charge in [-0.2, -0.15) is 0 Å². The van der Waals surface area contributed by atoms with Gasteiger partial charge in [0.1, 0.15) is 5.82 Å². The number of carbonyl (C=O) groups excluding carboxylic acids is 1. The van der Waals surface area contributed by atoms with E-state index in [-0.39, 0.29) is 17.4 Å². The summed E-state index contributed by atoms with van der Waals surface area (Å²) in [6.07, 6.45) is 3.10. The summed E-state index contributed by atoms with van der Waals surface area (Å²) in [5.74, 6) is -0.893. The van der Waals surface area contributed by atoms with Gasteiger partial charge in [0.25, 0.3) is 0 Å². The molecule has 1 aliphatic carbocycles. The lowest BCUT2D eigenvalue weighted by atomic mass is 10.3. The molecule has 1 aromatic carbocycles. The molecule has 1 N–H and O–H groups in total. The maximum atomic E-state index is 13.8. The van der Waals surface area contributed by atoms with E-state index >= 15 is 0 Å². The van der Waals surface area contributed by atoms with E-state index in [2.05, 4.69) is 22.1 Å². The van der Waals surface area contributed by atoms with Crippen LogP contribution in [0.15, 0.2) is 36.0 Å². The van der Waals surface area contributed by atoms with Crippen LogP contribution in [0.2, 0.25) is 0 Å². The molecule has 1 unspecified atom stereocenters. The fourth-order valence-electron chi connectivity index (χ4n) is 2.45. The van der Waals surface area contributed by atoms with Crippen molar-refractivity contribution in [2.45, 2.75) is 43.6 Å². The molecule has 1 fully saturated rings. The highest BCUT2D eigenvalue weighted by Crippen LogP contribution is 2.27. The lowest BCUT2D eigenvalue weighted by Crippen LogP contribution is -2.27. The first-order valence-electron chi connectivity index (χ1n) is 8.55. The molecule has 0 spiro atoms. The molecule has 6 nitrogen and oxygen atoms in total. The number of nitrogens with zero attached hydrogens (tertiary/aromatic N) is 3. The molecule has 0 aliphatic heterocycles. The SMILES string of the molecule is C=CCn1c(SCC(=O)NC2CC2)nnc1C(C)Oc1ccc(F)cc1F. The summed E-state index contributed by atoms with van der Waals surface area (Å²) in [4.78, 5) is 11.9. The zero-order chi connectivity index (χ0) is 19.4. The van der Waals surface area contributed by atoms with Gasteiger partial charge in [0.05, 0.1) is 5.75 Å². The molecule has 1 aromatic heterocycles. The van der Waals surface area contributed by atoms with Crippen LogP contribution < -0.4 is 10.1 Å². The average Bonchev–Trinajstić information content (AvgIpc) is 3.34. The number of thioether (sulfide) groups is 1. The quantitative estimate of drug-likeness (QED) is 0.522. The van der Waals surface area contributed by atoms with E-state index in [1.807, 2.05) is 0 Å². The van der Waals surface area contributed by atoms with Crippen molar-refractivity contribution in [2.75, 3.05) is 5.75 Å². The summed E-state index contributed by atoms with van der Waals surface area (Å²) in [7, 11) is 0. The molecule has 3 rings (SSSR count). The second-order valence-electron chi connectivity index (χ2n) is 6.21. The second-order valence-corrected chi connectivity index (χ2v) is 7.15. The number of carbonyl (C=O) groups is 1. The van der Waals surface area contributed by atoms with Gasteiger partial charge in [-0.3, -0.25) is 9.36 Å². The van der Waals surface area contributed by atoms with Crippen LogP contribution in [-0.4, -0.2) is 32.5 Å². The van der Waals surface area contributed by atoms with E-state index in [4.69, 9.17) is 4.74 Å². The molecule has 1 aliphatic rings. The van der Waals surface area contributed by atoms with E-state index in [0.717, 1.165) is 25.0 Å². The summed E-state index contributed by atoms with van der Waals surface area (Å²) in [6.45, 7) is 5.83. The minimum Gasteiger partial charge on any atom is -0.480 e. The Morgan fingerprint density at radius 3 is 2.93 bits per heavy atom. The highest BCUT2D eigenvalue weighted by molar-refractivity contribution is 7.99. The molecular formula is C18H20F2N4O2S. The standard InChI is InChI=1S/C18H20F2N4O2S/c1-3-8-24-17(11(2)26-15-7-4-12(19)9-14(15)20)22-23-18(24)27-10-16(25)21-13-5-6-13/h3-4,7,9,11,13H,1,5-6,8,10H2,2H3,(H,21,25). The first kappa shape index (κ1) is 19.3. The maximum absolute atomic E-state index is 13.8. The van der Waals surface area contributed by atoms with E-state index in [9.17, 15) is 13.6 Å². The highest BCUT2D eigenvalue weighted by Gasteiger charge is 2.24. The topological polar surface area (TPSA) is 69.0 Å². The Labute approximate surface area is 160 Å². The van der Waals surface area contributed by atoms with E-state index in [0.29, 0.717) is 23.6 Å². The monoisotopic (exact) mass is 394 g/mol. The number of hydrogen-bond acceptors (Lipinski definition) is 5. The summed E-state index contributed by atoms with van der Waals surface area (Å²) >= 11 is 1.26. The van der Waals surface area contributed by atoms with Crippen molar-refractivity contribution < 1.29 is 18.3 Å². The molecule has 0 bridgehead atoms. The fourth-order valence-corrected chi connectivity index (χ4v) is 3.22. The molecule has 0 radical (unpaired) electrons. The van der Waals surface area contributed by atoms with Crippen molar-refractivity contribution in [2.24, 2.45) is 0 Å². The van der Waals surface area contributed by atoms with Crippen molar-refractivity contribution in [1.82, 2.24) is 20.1 Å². The maximum Gasteiger partial charge on any atom is 0.230 e. The molecule has 144 valence electrons. The van der Waals surface area contributed by atoms with Crippen molar-refractivity contribution in [3.63, 3.8) is 0 Å². The molecule has 2 aromatic rings. The largest absolute Gasteiger partial charge is 0.480 e. The van der Waals surface area contributed by atoms with Crippen LogP contribution in [0.4, 0.5) is 8.78 Å². The van der Waals surface area contributed by atoms with E-state index < -0.39 is 17.7 Å². The Morgan fingerprint density at radius 2 is 2.26 bits per heavy atom. The number of hydrogen-bond donors (Lipinski definition) is 1. The Bertz CT molecular complexity index is 839. The number of nitrogens with one attached hydrogen (secondary N) is 1. The zero-order valence-corrected chi connectivity index (χ0v) is 15.6. The lowest BCUT2D eigenvalue weighted by Gasteiger charge is -2.16. The van der Waals surface area contributed by atoms with E-state index in [1.54, 1.807) is 17.6 Å². The lowest BCUT2D eigenvalue weighted by molar-refractivity contribution is -0.118. The van der Waals surface area contributed by atoms with Crippen molar-refractivity contribution >= 4 is 17.7 Å². The molecule has 1 heterocycles. The molecule has 1 amide bonds. The molecule has 9 heteroatoms. The van der Waals surface area contributed by atoms with Crippen molar-refractivity contribution in [3.8, 4) is 5.75 Å². The van der Waals surface area contributed by atoms with Crippen LogP contribution in [0.3, 0.4) is 0 Å². The average molecular weight is 394 g/mol. The van der Waals surface area contributed by atoms with Crippen LogP contribution in [0.25, 0.3) is 0 Å². The normalized spacial score (nSPS) is 14.6. The number of amides is 1. The molecule has 1 atom stereocenters. The Morgan fingerprint density at radius 1 is 1.48 bits per heavy atom. The Balaban J connectivity index is 1.70.